The van der Waals surface area contributed by atoms with Crippen LogP contribution >= 0.6 is 0 Å². The van der Waals surface area contributed by atoms with Gasteiger partial charge < -0.3 is 4.74 Å². The average Bonchev–Trinajstić information content (AvgIpc) is 2.85. The van der Waals surface area contributed by atoms with Crippen LogP contribution in [0.5, 0.6) is 0 Å². The van der Waals surface area contributed by atoms with Gasteiger partial charge in [0.15, 0.2) is 5.71 Å². The molecule has 0 bridgehead atoms. The van der Waals surface area contributed by atoms with Crippen LogP contribution in [0.15, 0.2) is 108 Å². The van der Waals surface area contributed by atoms with Gasteiger partial charge in [0.05, 0.1) is 0 Å². The first-order valence-electron chi connectivity index (χ1n) is 12.1. The Morgan fingerprint density at radius 1 is 0.657 bits per heavy atom. The quantitative estimate of drug-likeness (QED) is 0.428. The molecule has 1 heterocycles. The predicted octanol–water partition coefficient (Wildman–Crippen LogP) is 7.58. The fourth-order valence-corrected chi connectivity index (χ4v) is 3.93. The maximum atomic E-state index is 6.34. The maximum Gasteiger partial charge on any atom is 0.199 e. The van der Waals surface area contributed by atoms with Gasteiger partial charge in [0, 0.05) is 17.7 Å². The van der Waals surface area contributed by atoms with E-state index in [1.54, 1.807) is 0 Å². The fourth-order valence-electron chi connectivity index (χ4n) is 3.93. The van der Waals surface area contributed by atoms with Crippen LogP contribution in [-0.4, -0.2) is 24.4 Å². The van der Waals surface area contributed by atoms with Crippen molar-refractivity contribution in [2.24, 2.45) is 0 Å². The van der Waals surface area contributed by atoms with Crippen molar-refractivity contribution in [3.8, 4) is 0 Å². The lowest BCUT2D eigenvalue weighted by Gasteiger charge is -2.19. The third-order valence-electron chi connectivity index (χ3n) is 6.51. The summed E-state index contributed by atoms with van der Waals surface area (Å²) in [7, 11) is 4.10. The van der Waals surface area contributed by atoms with Crippen molar-refractivity contribution in [1.29, 1.82) is 0 Å². The number of aryl methyl sites for hydroxylation is 4. The van der Waals surface area contributed by atoms with E-state index >= 15 is 0 Å². The molecule has 0 fully saturated rings. The van der Waals surface area contributed by atoms with Crippen LogP contribution in [0.1, 0.15) is 33.4 Å². The highest BCUT2D eigenvalue weighted by Crippen LogP contribution is 2.33. The first kappa shape index (κ1) is 24.2. The van der Waals surface area contributed by atoms with Gasteiger partial charge in [-0.05, 0) is 103 Å². The summed E-state index contributed by atoms with van der Waals surface area (Å²) in [5.41, 5.74) is 10.9. The largest absolute Gasteiger partial charge is 0.457 e. The van der Waals surface area contributed by atoms with E-state index < -0.39 is 0 Å². The highest BCUT2D eigenvalue weighted by molar-refractivity contribution is 6.02. The first-order chi connectivity index (χ1) is 16.8. The molecule has 2 aromatic rings. The van der Waals surface area contributed by atoms with E-state index in [0.717, 1.165) is 28.2 Å². The molecule has 0 saturated carbocycles. The maximum absolute atomic E-state index is 6.34. The van der Waals surface area contributed by atoms with Crippen molar-refractivity contribution < 1.29 is 9.31 Å². The Hall–Kier alpha value is -3.91. The SMILES string of the molecule is Cc1ccc(C2=CC(=CC=CC=C3C=CC(=[N+](C)C)C=C3)OC(c3ccc(C)c(C)c3)=C2)cc1C. The van der Waals surface area contributed by atoms with Gasteiger partial charge in [0.2, 0.25) is 0 Å². The Bertz CT molecular complexity index is 1380. The van der Waals surface area contributed by atoms with Gasteiger partial charge in [0.1, 0.15) is 25.6 Å². The Morgan fingerprint density at radius 2 is 1.26 bits per heavy atom. The minimum atomic E-state index is 0.821. The van der Waals surface area contributed by atoms with Crippen LogP contribution in [0.4, 0.5) is 0 Å². The molecule has 0 spiro atoms. The molecule has 0 radical (unpaired) electrons. The van der Waals surface area contributed by atoms with Crippen LogP contribution < -0.4 is 0 Å². The molecule has 2 aromatic carbocycles. The number of hydrogen-bond acceptors (Lipinski definition) is 1. The number of ether oxygens (including phenoxy) is 1. The van der Waals surface area contributed by atoms with Crippen molar-refractivity contribution >= 4 is 17.0 Å². The molecular weight excluding hydrogens is 426 g/mol. The normalized spacial score (nSPS) is 16.5. The molecule has 0 N–H and O–H groups in total. The van der Waals surface area contributed by atoms with E-state index in [2.05, 4.69) is 131 Å². The van der Waals surface area contributed by atoms with Crippen LogP contribution in [0.2, 0.25) is 0 Å². The van der Waals surface area contributed by atoms with Crippen molar-refractivity contribution in [1.82, 2.24) is 0 Å². The second-order valence-corrected chi connectivity index (χ2v) is 9.41. The Labute approximate surface area is 210 Å². The summed E-state index contributed by atoms with van der Waals surface area (Å²) in [6, 6.07) is 13.1. The topological polar surface area (TPSA) is 12.2 Å². The van der Waals surface area contributed by atoms with Gasteiger partial charge in [-0.25, -0.2) is 4.58 Å². The molecule has 0 unspecified atom stereocenters. The molecule has 4 rings (SSSR count). The summed E-state index contributed by atoms with van der Waals surface area (Å²) in [5.74, 6) is 1.69. The molecule has 0 amide bonds. The standard InChI is InChI=1S/C33H34NO/c1-23-11-15-28(19-25(23)3)30-21-32(35-33(22-30)29-16-12-24(2)26(4)20-29)10-8-7-9-27-13-17-31(18-14-27)34(5)6/h7-22H,1-6H3/q+1. The van der Waals surface area contributed by atoms with Crippen LogP contribution in [-0.2, 0) is 4.74 Å². The Balaban J connectivity index is 1.64. The summed E-state index contributed by atoms with van der Waals surface area (Å²) in [6.45, 7) is 8.58. The minimum Gasteiger partial charge on any atom is -0.457 e. The van der Waals surface area contributed by atoms with Crippen LogP contribution in [0.25, 0.3) is 11.3 Å². The molecule has 1 aliphatic heterocycles. The molecule has 35 heavy (non-hydrogen) atoms. The molecule has 2 heteroatoms. The van der Waals surface area contributed by atoms with Crippen LogP contribution in [0.3, 0.4) is 0 Å². The number of rotatable bonds is 4. The summed E-state index contributed by atoms with van der Waals surface area (Å²) in [4.78, 5) is 0. The lowest BCUT2D eigenvalue weighted by atomic mass is 9.96. The Kier molecular flexibility index (Phi) is 7.31. The van der Waals surface area contributed by atoms with E-state index in [-0.39, 0.29) is 0 Å². The van der Waals surface area contributed by atoms with Crippen molar-refractivity contribution in [2.45, 2.75) is 27.7 Å². The van der Waals surface area contributed by atoms with E-state index in [1.165, 1.54) is 33.5 Å². The zero-order chi connectivity index (χ0) is 24.9. The third kappa shape index (κ3) is 5.96. The lowest BCUT2D eigenvalue weighted by molar-refractivity contribution is -0.462. The molecule has 0 aromatic heterocycles. The van der Waals surface area contributed by atoms with Crippen molar-refractivity contribution in [3.05, 3.63) is 142 Å². The molecular formula is C33H34NO+. The molecule has 0 atom stereocenters. The summed E-state index contributed by atoms with van der Waals surface area (Å²) >= 11 is 0. The van der Waals surface area contributed by atoms with Crippen LogP contribution in [0, 0.1) is 27.7 Å². The van der Waals surface area contributed by atoms with Gasteiger partial charge in [-0.1, -0.05) is 48.6 Å². The molecule has 176 valence electrons. The molecule has 2 aliphatic rings. The summed E-state index contributed by atoms with van der Waals surface area (Å²) in [5, 5.41) is 0. The van der Waals surface area contributed by atoms with Gasteiger partial charge in [-0.15, -0.1) is 0 Å². The zero-order valence-electron chi connectivity index (χ0n) is 21.6. The van der Waals surface area contributed by atoms with Gasteiger partial charge in [0.25, 0.3) is 0 Å². The number of hydrogen-bond donors (Lipinski definition) is 0. The lowest BCUT2D eigenvalue weighted by Crippen LogP contribution is -2.09. The van der Waals surface area contributed by atoms with Crippen molar-refractivity contribution in [3.63, 3.8) is 0 Å². The smallest absolute Gasteiger partial charge is 0.199 e. The molecule has 0 saturated heterocycles. The van der Waals surface area contributed by atoms with Gasteiger partial charge >= 0.3 is 0 Å². The molecule has 2 nitrogen and oxygen atoms in total. The zero-order valence-corrected chi connectivity index (χ0v) is 21.6. The average molecular weight is 461 g/mol. The molecule has 1 aliphatic carbocycles. The summed E-state index contributed by atoms with van der Waals surface area (Å²) in [6.07, 6.45) is 21.0. The van der Waals surface area contributed by atoms with Gasteiger partial charge in [-0.3, -0.25) is 0 Å². The highest BCUT2D eigenvalue weighted by atomic mass is 16.5. The first-order valence-corrected chi connectivity index (χ1v) is 12.1. The second kappa shape index (κ2) is 10.6. The third-order valence-corrected chi connectivity index (χ3v) is 6.51. The van der Waals surface area contributed by atoms with Crippen molar-refractivity contribution in [2.75, 3.05) is 14.1 Å². The number of nitrogens with zero attached hydrogens (tertiary/aromatic N) is 1. The van der Waals surface area contributed by atoms with E-state index in [1.807, 2.05) is 12.2 Å². The minimum absolute atomic E-state index is 0.821. The van der Waals surface area contributed by atoms with Gasteiger partial charge in [-0.2, -0.15) is 0 Å². The summed E-state index contributed by atoms with van der Waals surface area (Å²) < 4.78 is 8.44. The number of benzene rings is 2. The highest BCUT2D eigenvalue weighted by Gasteiger charge is 2.15. The van der Waals surface area contributed by atoms with E-state index in [9.17, 15) is 0 Å². The number of allylic oxidation sites excluding steroid dienone is 12. The monoisotopic (exact) mass is 460 g/mol. The fraction of sp³-hybridized carbons (Fsp3) is 0.182. The predicted molar refractivity (Wildman–Crippen MR) is 150 cm³/mol. The van der Waals surface area contributed by atoms with E-state index in [0.29, 0.717) is 0 Å². The Morgan fingerprint density at radius 3 is 1.89 bits per heavy atom. The second-order valence-electron chi connectivity index (χ2n) is 9.41. The van der Waals surface area contributed by atoms with E-state index in [4.69, 9.17) is 4.74 Å².